The Morgan fingerprint density at radius 1 is 1.00 bits per heavy atom. The zero-order valence-corrected chi connectivity index (χ0v) is 14.0. The molecule has 2 saturated heterocycles. The number of ketones is 1. The van der Waals surface area contributed by atoms with E-state index in [2.05, 4.69) is 0 Å². The molecule has 4 bridgehead atoms. The molecule has 5 rings (SSSR count). The fourth-order valence-electron chi connectivity index (χ4n) is 5.20. The standard InChI is InChI=1S/C17H24O4S/c1-8(18)9-4-3-5-10(6-9)17(19)21-14-12-7-11-13(20-2)15(12)22-16(11)14/h9-16H,3-7H2,1-2H3/t9?,10?,11-,12-,13?,14?,15?,16?/m1/s1. The zero-order valence-electron chi connectivity index (χ0n) is 13.2. The average Bonchev–Trinajstić information content (AvgIpc) is 3.23. The second-order valence-electron chi connectivity index (χ2n) is 7.40. The van der Waals surface area contributed by atoms with Crippen LogP contribution in [-0.4, -0.2) is 41.6 Å². The lowest BCUT2D eigenvalue weighted by atomic mass is 9.79. The maximum Gasteiger partial charge on any atom is 0.309 e. The van der Waals surface area contributed by atoms with Crippen LogP contribution in [0.1, 0.15) is 39.0 Å². The second kappa shape index (κ2) is 5.52. The number of Topliss-reactive ketones (excluding diaryl/α,β-unsaturated/α-hetero) is 1. The molecule has 3 saturated carbocycles. The number of carbonyl (C=O) groups excluding carboxylic acids is 2. The first-order chi connectivity index (χ1) is 10.6. The topological polar surface area (TPSA) is 52.6 Å². The number of ether oxygens (including phenoxy) is 2. The van der Waals surface area contributed by atoms with Gasteiger partial charge in [-0.2, -0.15) is 0 Å². The van der Waals surface area contributed by atoms with Crippen LogP contribution < -0.4 is 0 Å². The molecule has 2 heterocycles. The van der Waals surface area contributed by atoms with Crippen molar-refractivity contribution in [3.8, 4) is 0 Å². The normalized spacial score (nSPS) is 48.8. The van der Waals surface area contributed by atoms with Crippen LogP contribution in [0.25, 0.3) is 0 Å². The highest BCUT2D eigenvalue weighted by Gasteiger charge is 2.67. The smallest absolute Gasteiger partial charge is 0.309 e. The summed E-state index contributed by atoms with van der Waals surface area (Å²) in [7, 11) is 1.80. The van der Waals surface area contributed by atoms with Crippen molar-refractivity contribution < 1.29 is 19.1 Å². The summed E-state index contributed by atoms with van der Waals surface area (Å²) in [4.78, 5) is 24.1. The van der Waals surface area contributed by atoms with Gasteiger partial charge in [-0.1, -0.05) is 6.42 Å². The van der Waals surface area contributed by atoms with Crippen molar-refractivity contribution in [2.75, 3.05) is 7.11 Å². The number of hydrogen-bond acceptors (Lipinski definition) is 5. The zero-order chi connectivity index (χ0) is 15.4. The van der Waals surface area contributed by atoms with Gasteiger partial charge in [0.1, 0.15) is 11.9 Å². The summed E-state index contributed by atoms with van der Waals surface area (Å²) in [6, 6.07) is 0. The van der Waals surface area contributed by atoms with Gasteiger partial charge in [0.2, 0.25) is 0 Å². The van der Waals surface area contributed by atoms with Gasteiger partial charge in [-0.15, -0.1) is 11.8 Å². The van der Waals surface area contributed by atoms with E-state index in [1.54, 1.807) is 14.0 Å². The molecular formula is C17H24O4S. The summed E-state index contributed by atoms with van der Waals surface area (Å²) in [5.74, 6) is 1.22. The molecule has 4 nitrogen and oxygen atoms in total. The van der Waals surface area contributed by atoms with Crippen molar-refractivity contribution in [2.24, 2.45) is 23.7 Å². The van der Waals surface area contributed by atoms with Crippen molar-refractivity contribution in [2.45, 2.75) is 61.7 Å². The minimum Gasteiger partial charge on any atom is -0.461 e. The Kier molecular flexibility index (Phi) is 3.76. The van der Waals surface area contributed by atoms with Crippen LogP contribution >= 0.6 is 11.8 Å². The van der Waals surface area contributed by atoms with E-state index in [1.807, 2.05) is 11.8 Å². The first kappa shape index (κ1) is 15.0. The van der Waals surface area contributed by atoms with Crippen molar-refractivity contribution in [3.05, 3.63) is 0 Å². The summed E-state index contributed by atoms with van der Waals surface area (Å²) in [6.07, 6.45) is 5.08. The van der Waals surface area contributed by atoms with Gasteiger partial charge in [0.05, 0.1) is 12.0 Å². The molecule has 0 amide bonds. The van der Waals surface area contributed by atoms with Gasteiger partial charge < -0.3 is 9.47 Å². The van der Waals surface area contributed by atoms with Crippen LogP contribution in [0.4, 0.5) is 0 Å². The summed E-state index contributed by atoms with van der Waals surface area (Å²) in [5.41, 5.74) is 0. The molecule has 0 N–H and O–H groups in total. The van der Waals surface area contributed by atoms with Gasteiger partial charge in [-0.25, -0.2) is 0 Å². The molecule has 22 heavy (non-hydrogen) atoms. The first-order valence-corrected chi connectivity index (χ1v) is 9.43. The summed E-state index contributed by atoms with van der Waals surface area (Å²) in [5, 5.41) is 0.963. The maximum atomic E-state index is 12.5. The van der Waals surface area contributed by atoms with E-state index < -0.39 is 0 Å². The highest BCUT2D eigenvalue weighted by molar-refractivity contribution is 8.01. The predicted octanol–water partition coefficient (Wildman–Crippen LogP) is 2.44. The Labute approximate surface area is 135 Å². The first-order valence-electron chi connectivity index (χ1n) is 8.49. The lowest BCUT2D eigenvalue weighted by Gasteiger charge is -2.29. The molecule has 3 aliphatic carbocycles. The molecule has 8 atom stereocenters. The quantitative estimate of drug-likeness (QED) is 0.744. The largest absolute Gasteiger partial charge is 0.461 e. The van der Waals surface area contributed by atoms with Crippen molar-refractivity contribution in [1.29, 1.82) is 0 Å². The highest BCUT2D eigenvalue weighted by Crippen LogP contribution is 2.64. The van der Waals surface area contributed by atoms with E-state index in [0.29, 0.717) is 34.9 Å². The van der Waals surface area contributed by atoms with E-state index >= 15 is 0 Å². The van der Waals surface area contributed by atoms with Crippen LogP contribution in [-0.2, 0) is 19.1 Å². The lowest BCUT2D eigenvalue weighted by molar-refractivity contribution is -0.158. The molecule has 5 aliphatic rings. The predicted molar refractivity (Wildman–Crippen MR) is 83.6 cm³/mol. The molecule has 2 aliphatic heterocycles. The lowest BCUT2D eigenvalue weighted by Crippen LogP contribution is -2.39. The molecule has 6 unspecified atom stereocenters. The number of rotatable bonds is 4. The summed E-state index contributed by atoms with van der Waals surface area (Å²) >= 11 is 1.97. The monoisotopic (exact) mass is 324 g/mol. The second-order valence-corrected chi connectivity index (χ2v) is 8.76. The fourth-order valence-corrected chi connectivity index (χ4v) is 7.38. The van der Waals surface area contributed by atoms with Gasteiger partial charge in [-0.3, -0.25) is 9.59 Å². The van der Waals surface area contributed by atoms with E-state index in [4.69, 9.17) is 9.47 Å². The van der Waals surface area contributed by atoms with Crippen molar-refractivity contribution >= 4 is 23.5 Å². The van der Waals surface area contributed by atoms with Crippen LogP contribution in [0.3, 0.4) is 0 Å². The molecule has 5 fully saturated rings. The SMILES string of the molecule is COC1C2SC3C(OC(=O)C4CCCC(C(C)=O)C4)[C@H]2C[C@H]13. The Morgan fingerprint density at radius 3 is 2.27 bits per heavy atom. The van der Waals surface area contributed by atoms with Crippen molar-refractivity contribution in [3.63, 3.8) is 0 Å². The Balaban J connectivity index is 1.37. The summed E-state index contributed by atoms with van der Waals surface area (Å²) < 4.78 is 11.5. The molecule has 0 radical (unpaired) electrons. The van der Waals surface area contributed by atoms with Crippen LogP contribution in [0.2, 0.25) is 0 Å². The number of carbonyl (C=O) groups is 2. The number of esters is 1. The maximum absolute atomic E-state index is 12.5. The Hall–Kier alpha value is -0.550. The van der Waals surface area contributed by atoms with Crippen LogP contribution in [0, 0.1) is 23.7 Å². The van der Waals surface area contributed by atoms with Gasteiger partial charge in [-0.05, 0) is 32.6 Å². The average molecular weight is 324 g/mol. The van der Waals surface area contributed by atoms with Gasteiger partial charge in [0.25, 0.3) is 0 Å². The Bertz CT molecular complexity index is 475. The number of methoxy groups -OCH3 is 1. The third-order valence-electron chi connectivity index (χ3n) is 6.30. The van der Waals surface area contributed by atoms with Crippen molar-refractivity contribution in [1.82, 2.24) is 0 Å². The third-order valence-corrected chi connectivity index (χ3v) is 8.17. The van der Waals surface area contributed by atoms with E-state index in [-0.39, 0.29) is 29.7 Å². The molecule has 0 aromatic heterocycles. The highest BCUT2D eigenvalue weighted by atomic mass is 32.2. The van der Waals surface area contributed by atoms with Crippen LogP contribution in [0.5, 0.6) is 0 Å². The molecule has 5 heteroatoms. The molecule has 0 aromatic rings. The third kappa shape index (κ3) is 2.15. The van der Waals surface area contributed by atoms with Gasteiger partial charge >= 0.3 is 5.97 Å². The number of hydrogen-bond donors (Lipinski definition) is 0. The number of thioether (sulfide) groups is 1. The van der Waals surface area contributed by atoms with E-state index in [0.717, 1.165) is 25.7 Å². The summed E-state index contributed by atoms with van der Waals surface area (Å²) in [6.45, 7) is 1.64. The minimum absolute atomic E-state index is 0.0521. The molecule has 0 spiro atoms. The molecule has 122 valence electrons. The van der Waals surface area contributed by atoms with E-state index in [9.17, 15) is 9.59 Å². The molecule has 0 aromatic carbocycles. The minimum atomic E-state index is -0.0674. The fraction of sp³-hybridized carbons (Fsp3) is 0.882. The Morgan fingerprint density at radius 2 is 1.68 bits per heavy atom. The van der Waals surface area contributed by atoms with Gasteiger partial charge in [0.15, 0.2) is 0 Å². The van der Waals surface area contributed by atoms with Gasteiger partial charge in [0, 0.05) is 35.4 Å². The van der Waals surface area contributed by atoms with E-state index in [1.165, 1.54) is 0 Å². The molecular weight excluding hydrogens is 300 g/mol. The van der Waals surface area contributed by atoms with Crippen LogP contribution in [0.15, 0.2) is 0 Å².